The van der Waals surface area contributed by atoms with E-state index in [0.717, 1.165) is 13.1 Å². The van der Waals surface area contributed by atoms with E-state index in [9.17, 15) is 0 Å². The summed E-state index contributed by atoms with van der Waals surface area (Å²) in [6.45, 7) is 1.53. The van der Waals surface area contributed by atoms with E-state index < -0.39 is 7.12 Å². The Hall–Kier alpha value is -1.18. The highest BCUT2D eigenvalue weighted by molar-refractivity contribution is 6.58. The minimum Gasteiger partial charge on any atom is -0.423 e. The van der Waals surface area contributed by atoms with Gasteiger partial charge in [-0.05, 0) is 7.05 Å². The molecule has 0 saturated carbocycles. The predicted molar refractivity (Wildman–Crippen MR) is 54.3 cm³/mol. The molecule has 0 spiro atoms. The lowest BCUT2D eigenvalue weighted by molar-refractivity contribution is 0.425. The molecule has 14 heavy (non-hydrogen) atoms. The molecule has 1 aromatic rings. The second kappa shape index (κ2) is 5.53. The molecule has 0 aromatic carbocycles. The number of rotatable bonds is 5. The van der Waals surface area contributed by atoms with Gasteiger partial charge in [0.05, 0.1) is 0 Å². The molecular weight excluding hydrogens is 183 g/mol. The van der Waals surface area contributed by atoms with Crippen molar-refractivity contribution in [3.8, 4) is 0 Å². The van der Waals surface area contributed by atoms with Crippen LogP contribution in [0, 0.1) is 0 Å². The molecule has 0 aliphatic carbocycles. The Bertz CT molecular complexity index is 267. The zero-order valence-electron chi connectivity index (χ0n) is 7.94. The minimum absolute atomic E-state index is 0.282. The third-order valence-corrected chi connectivity index (χ3v) is 1.63. The van der Waals surface area contributed by atoms with Crippen molar-refractivity contribution in [2.75, 3.05) is 25.5 Å². The second-order valence-electron chi connectivity index (χ2n) is 2.74. The molecule has 0 unspecified atom stereocenters. The van der Waals surface area contributed by atoms with Crippen LogP contribution in [0.3, 0.4) is 0 Å². The van der Waals surface area contributed by atoms with Crippen molar-refractivity contribution in [1.29, 1.82) is 0 Å². The Morgan fingerprint density at radius 2 is 1.93 bits per heavy atom. The van der Waals surface area contributed by atoms with E-state index in [1.807, 2.05) is 7.05 Å². The molecule has 0 fully saturated rings. The standard InChI is InChI=1S/C7H13BN4O2/c1-9-2-3-10-7-11-4-6(5-12-7)8(13)14/h4-5,9,13-14H,2-3H2,1H3,(H,10,11,12). The van der Waals surface area contributed by atoms with Gasteiger partial charge in [-0.3, -0.25) is 0 Å². The van der Waals surface area contributed by atoms with Crippen LogP contribution in [0.4, 0.5) is 5.95 Å². The van der Waals surface area contributed by atoms with Crippen LogP contribution in [-0.4, -0.2) is 47.3 Å². The number of nitrogens with zero attached hydrogens (tertiary/aromatic N) is 2. The van der Waals surface area contributed by atoms with Crippen LogP contribution in [-0.2, 0) is 0 Å². The predicted octanol–water partition coefficient (Wildman–Crippen LogP) is -2.21. The van der Waals surface area contributed by atoms with E-state index in [1.54, 1.807) is 0 Å². The molecule has 0 atom stereocenters. The van der Waals surface area contributed by atoms with Crippen molar-refractivity contribution < 1.29 is 10.0 Å². The molecule has 0 bridgehead atoms. The highest BCUT2D eigenvalue weighted by Gasteiger charge is 2.11. The van der Waals surface area contributed by atoms with Gasteiger partial charge in [0.2, 0.25) is 5.95 Å². The van der Waals surface area contributed by atoms with Crippen molar-refractivity contribution in [2.24, 2.45) is 0 Å². The lowest BCUT2D eigenvalue weighted by Gasteiger charge is -2.04. The minimum atomic E-state index is -1.51. The number of hydrogen-bond acceptors (Lipinski definition) is 6. The van der Waals surface area contributed by atoms with Crippen molar-refractivity contribution >= 4 is 18.5 Å². The maximum atomic E-state index is 8.77. The summed E-state index contributed by atoms with van der Waals surface area (Å²) in [6, 6.07) is 0. The largest absolute Gasteiger partial charge is 0.491 e. The van der Waals surface area contributed by atoms with E-state index in [4.69, 9.17) is 10.0 Å². The first-order valence-electron chi connectivity index (χ1n) is 4.30. The Morgan fingerprint density at radius 3 is 2.43 bits per heavy atom. The van der Waals surface area contributed by atoms with Crippen molar-refractivity contribution in [3.05, 3.63) is 12.4 Å². The zero-order valence-corrected chi connectivity index (χ0v) is 7.94. The van der Waals surface area contributed by atoms with E-state index in [0.29, 0.717) is 5.95 Å². The topological polar surface area (TPSA) is 90.3 Å². The zero-order chi connectivity index (χ0) is 10.4. The van der Waals surface area contributed by atoms with Crippen LogP contribution in [0.5, 0.6) is 0 Å². The summed E-state index contributed by atoms with van der Waals surface area (Å²) in [4.78, 5) is 7.80. The third kappa shape index (κ3) is 3.29. The molecular formula is C7H13BN4O2. The first-order valence-corrected chi connectivity index (χ1v) is 4.30. The molecule has 1 aromatic heterocycles. The Balaban J connectivity index is 2.47. The first kappa shape index (κ1) is 10.9. The monoisotopic (exact) mass is 196 g/mol. The van der Waals surface area contributed by atoms with Crippen LogP contribution >= 0.6 is 0 Å². The van der Waals surface area contributed by atoms with E-state index in [2.05, 4.69) is 20.6 Å². The molecule has 0 aliphatic rings. The molecule has 6 nitrogen and oxygen atoms in total. The fourth-order valence-corrected chi connectivity index (χ4v) is 0.862. The van der Waals surface area contributed by atoms with Crippen LogP contribution in [0.15, 0.2) is 12.4 Å². The van der Waals surface area contributed by atoms with Crippen molar-refractivity contribution in [3.63, 3.8) is 0 Å². The van der Waals surface area contributed by atoms with Gasteiger partial charge in [0.15, 0.2) is 0 Å². The number of hydrogen-bond donors (Lipinski definition) is 4. The van der Waals surface area contributed by atoms with Gasteiger partial charge in [0, 0.05) is 30.9 Å². The Kier molecular flexibility index (Phi) is 4.31. The molecule has 0 aliphatic heterocycles. The summed E-state index contributed by atoms with van der Waals surface area (Å²) in [6.07, 6.45) is 2.75. The van der Waals surface area contributed by atoms with Crippen LogP contribution in [0.25, 0.3) is 0 Å². The van der Waals surface area contributed by atoms with Gasteiger partial charge in [-0.2, -0.15) is 0 Å². The van der Waals surface area contributed by atoms with Crippen LogP contribution in [0.2, 0.25) is 0 Å². The Morgan fingerprint density at radius 1 is 1.29 bits per heavy atom. The molecule has 76 valence electrons. The maximum Gasteiger partial charge on any atom is 0.491 e. The highest BCUT2D eigenvalue weighted by atomic mass is 16.4. The fraction of sp³-hybridized carbons (Fsp3) is 0.429. The average Bonchev–Trinajstić information content (AvgIpc) is 2.19. The third-order valence-electron chi connectivity index (χ3n) is 1.63. The number of likely N-dealkylation sites (N-methyl/N-ethyl adjacent to an activating group) is 1. The summed E-state index contributed by atoms with van der Waals surface area (Å²) < 4.78 is 0. The molecule has 0 radical (unpaired) electrons. The van der Waals surface area contributed by atoms with Gasteiger partial charge in [-0.1, -0.05) is 0 Å². The smallest absolute Gasteiger partial charge is 0.423 e. The van der Waals surface area contributed by atoms with Gasteiger partial charge in [0.1, 0.15) is 0 Å². The maximum absolute atomic E-state index is 8.77. The molecule has 1 rings (SSSR count). The number of anilines is 1. The van der Waals surface area contributed by atoms with Gasteiger partial charge in [0.25, 0.3) is 0 Å². The van der Waals surface area contributed by atoms with Crippen molar-refractivity contribution in [2.45, 2.75) is 0 Å². The first-order chi connectivity index (χ1) is 6.74. The molecule has 4 N–H and O–H groups in total. The van der Waals surface area contributed by atoms with E-state index in [1.165, 1.54) is 12.4 Å². The molecule has 7 heteroatoms. The lowest BCUT2D eigenvalue weighted by atomic mass is 9.83. The summed E-state index contributed by atoms with van der Waals surface area (Å²) in [5.74, 6) is 0.477. The normalized spacial score (nSPS) is 9.93. The second-order valence-corrected chi connectivity index (χ2v) is 2.74. The SMILES string of the molecule is CNCCNc1ncc(B(O)O)cn1. The highest BCUT2D eigenvalue weighted by Crippen LogP contribution is 1.91. The lowest BCUT2D eigenvalue weighted by Crippen LogP contribution is -2.31. The molecule has 1 heterocycles. The van der Waals surface area contributed by atoms with Gasteiger partial charge < -0.3 is 20.7 Å². The van der Waals surface area contributed by atoms with Gasteiger partial charge >= 0.3 is 7.12 Å². The van der Waals surface area contributed by atoms with E-state index >= 15 is 0 Å². The average molecular weight is 196 g/mol. The van der Waals surface area contributed by atoms with Crippen LogP contribution < -0.4 is 16.1 Å². The summed E-state index contributed by atoms with van der Waals surface area (Å²) in [7, 11) is 0.342. The molecule has 0 amide bonds. The van der Waals surface area contributed by atoms with Gasteiger partial charge in [-0.25, -0.2) is 9.97 Å². The van der Waals surface area contributed by atoms with E-state index in [-0.39, 0.29) is 5.46 Å². The van der Waals surface area contributed by atoms with Crippen LogP contribution in [0.1, 0.15) is 0 Å². The van der Waals surface area contributed by atoms with Crippen molar-refractivity contribution in [1.82, 2.24) is 15.3 Å². The molecule has 0 saturated heterocycles. The summed E-state index contributed by atoms with van der Waals surface area (Å²) >= 11 is 0. The van der Waals surface area contributed by atoms with Gasteiger partial charge in [-0.15, -0.1) is 0 Å². The Labute approximate surface area is 82.5 Å². The number of nitrogens with one attached hydrogen (secondary N) is 2. The quantitative estimate of drug-likeness (QED) is 0.315. The number of aromatic nitrogens is 2. The summed E-state index contributed by atoms with van der Waals surface area (Å²) in [5, 5.41) is 23.5. The fourth-order valence-electron chi connectivity index (χ4n) is 0.862. The summed E-state index contributed by atoms with van der Waals surface area (Å²) in [5.41, 5.74) is 0.282.